The number of nitrogens with zero attached hydrogens (tertiary/aromatic N) is 1. The van der Waals surface area contributed by atoms with Crippen molar-refractivity contribution in [1.82, 2.24) is 4.90 Å². The Kier molecular flexibility index (Phi) is 4.15. The van der Waals surface area contributed by atoms with Gasteiger partial charge in [0.25, 0.3) is 0 Å². The van der Waals surface area contributed by atoms with Crippen LogP contribution >= 0.6 is 0 Å². The molecule has 96 valence electrons. The van der Waals surface area contributed by atoms with Gasteiger partial charge >= 0.3 is 5.97 Å². The van der Waals surface area contributed by atoms with Crippen LogP contribution in [-0.4, -0.2) is 24.5 Å². The Morgan fingerprint density at radius 3 is 2.44 bits per heavy atom. The van der Waals surface area contributed by atoms with Crippen LogP contribution in [0.3, 0.4) is 0 Å². The number of rotatable bonds is 4. The molecule has 0 atom stereocenters. The molecule has 1 heterocycles. The van der Waals surface area contributed by atoms with Crippen LogP contribution in [0.5, 0.6) is 0 Å². The molecule has 1 aromatic rings. The summed E-state index contributed by atoms with van der Waals surface area (Å²) < 4.78 is 4.75. The zero-order chi connectivity index (χ0) is 13.0. The zero-order valence-corrected chi connectivity index (χ0v) is 11.0. The van der Waals surface area contributed by atoms with Gasteiger partial charge in [0.2, 0.25) is 0 Å². The zero-order valence-electron chi connectivity index (χ0n) is 11.0. The maximum atomic E-state index is 11.5. The average molecular weight is 245 g/mol. The van der Waals surface area contributed by atoms with Crippen LogP contribution < -0.4 is 0 Å². The standard InChI is InChI=1S/C15H19NO2/c1-3-12(15(17)18-2)8-9-16-10-13-6-4-5-7-14(13)11-16/h4-8H,3,9-11H2,1-2H3. The third-order valence-electron chi connectivity index (χ3n) is 3.33. The number of benzene rings is 1. The monoisotopic (exact) mass is 245 g/mol. The van der Waals surface area contributed by atoms with Gasteiger partial charge in [-0.2, -0.15) is 0 Å². The number of methoxy groups -OCH3 is 1. The molecule has 0 unspecified atom stereocenters. The van der Waals surface area contributed by atoms with E-state index < -0.39 is 0 Å². The number of hydrogen-bond donors (Lipinski definition) is 0. The number of esters is 1. The normalized spacial score (nSPS) is 15.6. The van der Waals surface area contributed by atoms with E-state index in [-0.39, 0.29) is 5.97 Å². The fraction of sp³-hybridized carbons (Fsp3) is 0.400. The average Bonchev–Trinajstić information content (AvgIpc) is 2.81. The van der Waals surface area contributed by atoms with E-state index in [0.29, 0.717) is 6.42 Å². The first-order valence-electron chi connectivity index (χ1n) is 6.31. The highest BCUT2D eigenvalue weighted by Gasteiger charge is 2.17. The summed E-state index contributed by atoms with van der Waals surface area (Å²) in [6.07, 6.45) is 2.70. The minimum Gasteiger partial charge on any atom is -0.466 e. The van der Waals surface area contributed by atoms with E-state index in [0.717, 1.165) is 25.2 Å². The molecule has 0 saturated heterocycles. The van der Waals surface area contributed by atoms with Crippen LogP contribution in [0.15, 0.2) is 35.9 Å². The van der Waals surface area contributed by atoms with Gasteiger partial charge in [-0.3, -0.25) is 4.90 Å². The summed E-state index contributed by atoms with van der Waals surface area (Å²) in [5, 5.41) is 0. The maximum Gasteiger partial charge on any atom is 0.333 e. The molecule has 0 aromatic heterocycles. The first kappa shape index (κ1) is 12.8. The number of fused-ring (bicyclic) bond motifs is 1. The molecule has 0 amide bonds. The molecule has 0 saturated carbocycles. The van der Waals surface area contributed by atoms with Crippen molar-refractivity contribution in [3.05, 3.63) is 47.0 Å². The molecule has 0 spiro atoms. The van der Waals surface area contributed by atoms with E-state index in [2.05, 4.69) is 29.2 Å². The van der Waals surface area contributed by atoms with E-state index in [1.54, 1.807) is 0 Å². The van der Waals surface area contributed by atoms with Gasteiger partial charge in [-0.05, 0) is 17.5 Å². The van der Waals surface area contributed by atoms with Gasteiger partial charge in [-0.25, -0.2) is 4.79 Å². The van der Waals surface area contributed by atoms with Crippen LogP contribution in [-0.2, 0) is 22.6 Å². The molecule has 0 fully saturated rings. The first-order chi connectivity index (χ1) is 8.74. The van der Waals surface area contributed by atoms with Crippen molar-refractivity contribution in [3.8, 4) is 0 Å². The van der Waals surface area contributed by atoms with Gasteiger partial charge in [-0.15, -0.1) is 0 Å². The van der Waals surface area contributed by atoms with Crippen LogP contribution in [0.1, 0.15) is 24.5 Å². The van der Waals surface area contributed by atoms with Crippen LogP contribution in [0.2, 0.25) is 0 Å². The lowest BCUT2D eigenvalue weighted by molar-refractivity contribution is -0.136. The summed E-state index contributed by atoms with van der Waals surface area (Å²) in [5.41, 5.74) is 3.54. The van der Waals surface area contributed by atoms with Crippen molar-refractivity contribution in [3.63, 3.8) is 0 Å². The molecule has 3 nitrogen and oxygen atoms in total. The third-order valence-corrected chi connectivity index (χ3v) is 3.33. The van der Waals surface area contributed by atoms with Gasteiger partial charge in [0.05, 0.1) is 7.11 Å². The molecule has 18 heavy (non-hydrogen) atoms. The molecule has 0 aliphatic carbocycles. The molecular formula is C15H19NO2. The van der Waals surface area contributed by atoms with E-state index in [4.69, 9.17) is 4.74 Å². The third kappa shape index (κ3) is 2.79. The van der Waals surface area contributed by atoms with E-state index >= 15 is 0 Å². The lowest BCUT2D eigenvalue weighted by Crippen LogP contribution is -2.17. The van der Waals surface area contributed by atoms with Crippen LogP contribution in [0.25, 0.3) is 0 Å². The quantitative estimate of drug-likeness (QED) is 0.603. The summed E-state index contributed by atoms with van der Waals surface area (Å²) in [7, 11) is 1.43. The Morgan fingerprint density at radius 1 is 1.33 bits per heavy atom. The van der Waals surface area contributed by atoms with Crippen molar-refractivity contribution in [2.75, 3.05) is 13.7 Å². The Labute approximate surface area is 108 Å². The molecule has 3 heteroatoms. The van der Waals surface area contributed by atoms with Crippen LogP contribution in [0.4, 0.5) is 0 Å². The predicted octanol–water partition coefficient (Wildman–Crippen LogP) is 2.51. The number of hydrogen-bond acceptors (Lipinski definition) is 3. The SMILES string of the molecule is CCC(=CCN1Cc2ccccc2C1)C(=O)OC. The second-order valence-electron chi connectivity index (χ2n) is 4.51. The van der Waals surface area contributed by atoms with Gasteiger partial charge in [-0.1, -0.05) is 37.3 Å². The van der Waals surface area contributed by atoms with Crippen molar-refractivity contribution < 1.29 is 9.53 Å². The Balaban J connectivity index is 1.97. The Bertz CT molecular complexity index is 440. The summed E-state index contributed by atoms with van der Waals surface area (Å²) in [6, 6.07) is 8.48. The summed E-state index contributed by atoms with van der Waals surface area (Å²) in [6.45, 7) is 4.70. The van der Waals surface area contributed by atoms with Gasteiger partial charge in [0.1, 0.15) is 0 Å². The fourth-order valence-corrected chi connectivity index (χ4v) is 2.28. The van der Waals surface area contributed by atoms with Crippen molar-refractivity contribution in [2.45, 2.75) is 26.4 Å². The van der Waals surface area contributed by atoms with Crippen LogP contribution in [0, 0.1) is 0 Å². The van der Waals surface area contributed by atoms with Crippen molar-refractivity contribution in [2.24, 2.45) is 0 Å². The number of carbonyl (C=O) groups excluding carboxylic acids is 1. The topological polar surface area (TPSA) is 29.5 Å². The largest absolute Gasteiger partial charge is 0.466 e. The molecular weight excluding hydrogens is 226 g/mol. The Hall–Kier alpha value is -1.61. The predicted molar refractivity (Wildman–Crippen MR) is 70.9 cm³/mol. The molecule has 0 radical (unpaired) electrons. The second kappa shape index (κ2) is 5.83. The molecule has 1 aromatic carbocycles. The van der Waals surface area contributed by atoms with E-state index in [1.165, 1.54) is 18.2 Å². The summed E-state index contributed by atoms with van der Waals surface area (Å²) >= 11 is 0. The highest BCUT2D eigenvalue weighted by atomic mass is 16.5. The highest BCUT2D eigenvalue weighted by Crippen LogP contribution is 2.22. The fourth-order valence-electron chi connectivity index (χ4n) is 2.28. The van der Waals surface area contributed by atoms with E-state index in [9.17, 15) is 4.79 Å². The first-order valence-corrected chi connectivity index (χ1v) is 6.31. The summed E-state index contributed by atoms with van der Waals surface area (Å²) in [4.78, 5) is 13.8. The van der Waals surface area contributed by atoms with Crippen molar-refractivity contribution in [1.29, 1.82) is 0 Å². The van der Waals surface area contributed by atoms with Crippen molar-refractivity contribution >= 4 is 5.97 Å². The molecule has 1 aliphatic rings. The summed E-state index contributed by atoms with van der Waals surface area (Å²) in [5.74, 6) is -0.214. The minimum absolute atomic E-state index is 0.214. The lowest BCUT2D eigenvalue weighted by Gasteiger charge is -2.12. The molecule has 2 rings (SSSR count). The smallest absolute Gasteiger partial charge is 0.333 e. The van der Waals surface area contributed by atoms with E-state index in [1.807, 2.05) is 13.0 Å². The highest BCUT2D eigenvalue weighted by molar-refractivity contribution is 5.88. The minimum atomic E-state index is -0.214. The maximum absolute atomic E-state index is 11.5. The molecule has 1 aliphatic heterocycles. The van der Waals surface area contributed by atoms with Gasteiger partial charge in [0.15, 0.2) is 0 Å². The number of ether oxygens (including phenoxy) is 1. The van der Waals surface area contributed by atoms with Gasteiger partial charge < -0.3 is 4.74 Å². The second-order valence-corrected chi connectivity index (χ2v) is 4.51. The Morgan fingerprint density at radius 2 is 1.94 bits per heavy atom. The lowest BCUT2D eigenvalue weighted by atomic mass is 10.1. The molecule has 0 N–H and O–H groups in total. The number of carbonyl (C=O) groups is 1. The molecule has 0 bridgehead atoms. The van der Waals surface area contributed by atoms with Gasteiger partial charge in [0, 0.05) is 25.2 Å².